The van der Waals surface area contributed by atoms with Gasteiger partial charge in [0.25, 0.3) is 0 Å². The standard InChI is InChI=1S/C10H11ClN4/c1-7-2-10(12)14-15(7)6-8-3-9(11)5-13-4-8/h2-5H,6H2,1H3,(H2,12,14). The van der Waals surface area contributed by atoms with E-state index in [9.17, 15) is 0 Å². The predicted octanol–water partition coefficient (Wildman–Crippen LogP) is 1.87. The summed E-state index contributed by atoms with van der Waals surface area (Å²) in [5, 5.41) is 4.79. The number of nitrogens with two attached hydrogens (primary N) is 1. The third-order valence-electron chi connectivity index (χ3n) is 2.09. The minimum Gasteiger partial charge on any atom is -0.382 e. The lowest BCUT2D eigenvalue weighted by molar-refractivity contribution is 0.666. The van der Waals surface area contributed by atoms with E-state index in [1.807, 2.05) is 23.7 Å². The number of pyridine rings is 1. The first-order valence-electron chi connectivity index (χ1n) is 4.54. The van der Waals surface area contributed by atoms with E-state index in [1.165, 1.54) is 0 Å². The van der Waals surface area contributed by atoms with Crippen LogP contribution in [0.25, 0.3) is 0 Å². The molecule has 15 heavy (non-hydrogen) atoms. The van der Waals surface area contributed by atoms with E-state index in [-0.39, 0.29) is 0 Å². The van der Waals surface area contributed by atoms with Gasteiger partial charge >= 0.3 is 0 Å². The molecule has 0 bridgehead atoms. The van der Waals surface area contributed by atoms with Gasteiger partial charge in [-0.15, -0.1) is 0 Å². The Morgan fingerprint density at radius 3 is 2.80 bits per heavy atom. The van der Waals surface area contributed by atoms with Crippen LogP contribution in [0.5, 0.6) is 0 Å². The Bertz CT molecular complexity index is 478. The molecule has 0 radical (unpaired) electrons. The highest BCUT2D eigenvalue weighted by Gasteiger charge is 2.02. The molecule has 2 rings (SSSR count). The van der Waals surface area contributed by atoms with Crippen LogP contribution in [0, 0.1) is 6.92 Å². The fraction of sp³-hybridized carbons (Fsp3) is 0.200. The van der Waals surface area contributed by atoms with Gasteiger partial charge in [-0.25, -0.2) is 0 Å². The predicted molar refractivity (Wildman–Crippen MR) is 59.7 cm³/mol. The zero-order valence-corrected chi connectivity index (χ0v) is 9.07. The summed E-state index contributed by atoms with van der Waals surface area (Å²) < 4.78 is 1.82. The van der Waals surface area contributed by atoms with Crippen molar-refractivity contribution in [1.82, 2.24) is 14.8 Å². The number of hydrogen-bond acceptors (Lipinski definition) is 3. The highest BCUT2D eigenvalue weighted by molar-refractivity contribution is 6.30. The molecule has 0 fully saturated rings. The van der Waals surface area contributed by atoms with Crippen molar-refractivity contribution < 1.29 is 0 Å². The number of nitrogen functional groups attached to an aromatic ring is 1. The van der Waals surface area contributed by atoms with Gasteiger partial charge in [-0.2, -0.15) is 5.10 Å². The fourth-order valence-corrected chi connectivity index (χ4v) is 1.61. The third kappa shape index (κ3) is 2.27. The van der Waals surface area contributed by atoms with Gasteiger partial charge < -0.3 is 5.73 Å². The van der Waals surface area contributed by atoms with Crippen LogP contribution >= 0.6 is 11.6 Å². The number of nitrogens with zero attached hydrogens (tertiary/aromatic N) is 3. The molecule has 4 nitrogen and oxygen atoms in total. The SMILES string of the molecule is Cc1cc(N)nn1Cc1cncc(Cl)c1. The highest BCUT2D eigenvalue weighted by Crippen LogP contribution is 2.11. The maximum atomic E-state index is 5.84. The summed E-state index contributed by atoms with van der Waals surface area (Å²) >= 11 is 5.84. The second kappa shape index (κ2) is 3.90. The Morgan fingerprint density at radius 1 is 1.40 bits per heavy atom. The van der Waals surface area contributed by atoms with Crippen molar-refractivity contribution in [2.24, 2.45) is 0 Å². The smallest absolute Gasteiger partial charge is 0.145 e. The first kappa shape index (κ1) is 9.98. The lowest BCUT2D eigenvalue weighted by Crippen LogP contribution is -2.04. The maximum Gasteiger partial charge on any atom is 0.145 e. The van der Waals surface area contributed by atoms with Gasteiger partial charge in [0, 0.05) is 24.2 Å². The van der Waals surface area contributed by atoms with Crippen molar-refractivity contribution in [3.63, 3.8) is 0 Å². The van der Waals surface area contributed by atoms with Crippen LogP contribution < -0.4 is 5.73 Å². The van der Waals surface area contributed by atoms with Gasteiger partial charge in [-0.3, -0.25) is 9.67 Å². The van der Waals surface area contributed by atoms with E-state index in [0.29, 0.717) is 17.4 Å². The topological polar surface area (TPSA) is 56.7 Å². The van der Waals surface area contributed by atoms with Gasteiger partial charge in [-0.05, 0) is 18.6 Å². The molecule has 0 aliphatic carbocycles. The number of halogens is 1. The van der Waals surface area contributed by atoms with Crippen LogP contribution in [0.15, 0.2) is 24.5 Å². The number of aromatic nitrogens is 3. The van der Waals surface area contributed by atoms with Crippen LogP contribution in [0.1, 0.15) is 11.3 Å². The zero-order valence-electron chi connectivity index (χ0n) is 8.31. The molecule has 2 aromatic heterocycles. The molecule has 0 saturated heterocycles. The molecule has 0 atom stereocenters. The molecule has 5 heteroatoms. The summed E-state index contributed by atoms with van der Waals surface area (Å²) in [6.07, 6.45) is 3.37. The minimum atomic E-state index is 0.530. The van der Waals surface area contributed by atoms with E-state index >= 15 is 0 Å². The van der Waals surface area contributed by atoms with Crippen molar-refractivity contribution >= 4 is 17.4 Å². The average Bonchev–Trinajstić information content (AvgIpc) is 2.45. The molecule has 0 aromatic carbocycles. The molecule has 0 unspecified atom stereocenters. The first-order chi connectivity index (χ1) is 7.15. The molecule has 2 N–H and O–H groups in total. The molecule has 2 heterocycles. The first-order valence-corrected chi connectivity index (χ1v) is 4.92. The van der Waals surface area contributed by atoms with Crippen molar-refractivity contribution in [3.8, 4) is 0 Å². The van der Waals surface area contributed by atoms with E-state index in [2.05, 4.69) is 10.1 Å². The molecule has 0 saturated carbocycles. The number of aryl methyl sites for hydroxylation is 1. The summed E-state index contributed by atoms with van der Waals surface area (Å²) in [6, 6.07) is 3.70. The fourth-order valence-electron chi connectivity index (χ4n) is 1.41. The highest BCUT2D eigenvalue weighted by atomic mass is 35.5. The van der Waals surface area contributed by atoms with Crippen LogP contribution in [0.3, 0.4) is 0 Å². The van der Waals surface area contributed by atoms with Gasteiger partial charge in [0.2, 0.25) is 0 Å². The Labute approximate surface area is 92.7 Å². The Hall–Kier alpha value is -1.55. The second-order valence-corrected chi connectivity index (χ2v) is 3.82. The molecule has 78 valence electrons. The Balaban J connectivity index is 2.25. The van der Waals surface area contributed by atoms with Crippen molar-refractivity contribution in [3.05, 3.63) is 40.8 Å². The lowest BCUT2D eigenvalue weighted by atomic mass is 10.3. The van der Waals surface area contributed by atoms with Crippen LogP contribution in [0.4, 0.5) is 5.82 Å². The summed E-state index contributed by atoms with van der Waals surface area (Å²) in [5.74, 6) is 0.530. The van der Waals surface area contributed by atoms with Gasteiger partial charge in [-0.1, -0.05) is 11.6 Å². The van der Waals surface area contributed by atoms with Crippen molar-refractivity contribution in [2.75, 3.05) is 5.73 Å². The molecular weight excluding hydrogens is 212 g/mol. The van der Waals surface area contributed by atoms with Crippen LogP contribution in [-0.2, 0) is 6.54 Å². The summed E-state index contributed by atoms with van der Waals surface area (Å²) in [6.45, 7) is 2.60. The van der Waals surface area contributed by atoms with Crippen LogP contribution in [-0.4, -0.2) is 14.8 Å². The second-order valence-electron chi connectivity index (χ2n) is 3.38. The lowest BCUT2D eigenvalue weighted by Gasteiger charge is -2.03. The molecule has 2 aromatic rings. The van der Waals surface area contributed by atoms with E-state index in [4.69, 9.17) is 17.3 Å². The van der Waals surface area contributed by atoms with Gasteiger partial charge in [0.15, 0.2) is 0 Å². The number of hydrogen-bond donors (Lipinski definition) is 1. The molecule has 0 aliphatic rings. The van der Waals surface area contributed by atoms with E-state index in [0.717, 1.165) is 11.3 Å². The monoisotopic (exact) mass is 222 g/mol. The number of anilines is 1. The number of rotatable bonds is 2. The maximum absolute atomic E-state index is 5.84. The zero-order chi connectivity index (χ0) is 10.8. The summed E-state index contributed by atoms with van der Waals surface area (Å²) in [7, 11) is 0. The van der Waals surface area contributed by atoms with Crippen molar-refractivity contribution in [2.45, 2.75) is 13.5 Å². The van der Waals surface area contributed by atoms with Gasteiger partial charge in [0.1, 0.15) is 5.82 Å². The van der Waals surface area contributed by atoms with Crippen molar-refractivity contribution in [1.29, 1.82) is 0 Å². The molecule has 0 amide bonds. The molecule has 0 spiro atoms. The average molecular weight is 223 g/mol. The Kier molecular flexibility index (Phi) is 2.60. The summed E-state index contributed by atoms with van der Waals surface area (Å²) in [4.78, 5) is 4.01. The van der Waals surface area contributed by atoms with Crippen LogP contribution in [0.2, 0.25) is 5.02 Å². The molecule has 0 aliphatic heterocycles. The quantitative estimate of drug-likeness (QED) is 0.844. The normalized spacial score (nSPS) is 10.5. The largest absolute Gasteiger partial charge is 0.382 e. The Morgan fingerprint density at radius 2 is 2.20 bits per heavy atom. The summed E-state index contributed by atoms with van der Waals surface area (Å²) in [5.41, 5.74) is 7.62. The van der Waals surface area contributed by atoms with E-state index in [1.54, 1.807) is 12.4 Å². The van der Waals surface area contributed by atoms with Gasteiger partial charge in [0.05, 0.1) is 11.6 Å². The third-order valence-corrected chi connectivity index (χ3v) is 2.30. The molecular formula is C10H11ClN4. The van der Waals surface area contributed by atoms with E-state index < -0.39 is 0 Å². The minimum absolute atomic E-state index is 0.530.